The highest BCUT2D eigenvalue weighted by atomic mass is 19.4. The summed E-state index contributed by atoms with van der Waals surface area (Å²) >= 11 is 0. The summed E-state index contributed by atoms with van der Waals surface area (Å²) in [6.45, 7) is 2.57. The van der Waals surface area contributed by atoms with Crippen LogP contribution in [0.2, 0.25) is 0 Å². The van der Waals surface area contributed by atoms with Crippen LogP contribution in [0.1, 0.15) is 26.7 Å². The summed E-state index contributed by atoms with van der Waals surface area (Å²) in [5, 5.41) is 2.66. The van der Waals surface area contributed by atoms with E-state index in [1.807, 2.05) is 13.8 Å². The standard InChI is InChI=1S/C13H21F3N2O3/c1-3-9(2)11-12(20)18(7-10(19)17-11)5-4-6-21-8-13(14,15)16/h9,11H,3-8H2,1-2H3,(H,17,19). The smallest absolute Gasteiger partial charge is 0.372 e. The Bertz CT molecular complexity index is 374. The minimum Gasteiger partial charge on any atom is -0.372 e. The van der Waals surface area contributed by atoms with Crippen LogP contribution in [0.15, 0.2) is 0 Å². The molecular weight excluding hydrogens is 289 g/mol. The first-order chi connectivity index (χ1) is 9.74. The van der Waals surface area contributed by atoms with Gasteiger partial charge in [0.2, 0.25) is 11.8 Å². The van der Waals surface area contributed by atoms with Gasteiger partial charge in [-0.1, -0.05) is 20.3 Å². The molecular formula is C13H21F3N2O3. The molecule has 122 valence electrons. The van der Waals surface area contributed by atoms with Gasteiger partial charge in [0.1, 0.15) is 12.6 Å². The Morgan fingerprint density at radius 1 is 1.43 bits per heavy atom. The van der Waals surface area contributed by atoms with Gasteiger partial charge in [0.25, 0.3) is 0 Å². The Morgan fingerprint density at radius 2 is 2.10 bits per heavy atom. The zero-order valence-electron chi connectivity index (χ0n) is 12.2. The normalized spacial score (nSPS) is 21.4. The Hall–Kier alpha value is -1.31. The summed E-state index contributed by atoms with van der Waals surface area (Å²) in [5.74, 6) is -0.401. The molecule has 0 saturated carbocycles. The third-order valence-electron chi connectivity index (χ3n) is 3.42. The number of ether oxygens (including phenoxy) is 1. The molecule has 0 spiro atoms. The van der Waals surface area contributed by atoms with Crippen LogP contribution in [-0.2, 0) is 14.3 Å². The number of piperazine rings is 1. The topological polar surface area (TPSA) is 58.6 Å². The number of hydrogen-bond donors (Lipinski definition) is 1. The molecule has 8 heteroatoms. The van der Waals surface area contributed by atoms with E-state index in [-0.39, 0.29) is 43.8 Å². The predicted molar refractivity (Wildman–Crippen MR) is 69.5 cm³/mol. The van der Waals surface area contributed by atoms with Crippen LogP contribution in [-0.4, -0.2) is 55.2 Å². The highest BCUT2D eigenvalue weighted by molar-refractivity contribution is 5.94. The first kappa shape index (κ1) is 17.7. The maximum Gasteiger partial charge on any atom is 0.411 e. The second kappa shape index (κ2) is 7.63. The van der Waals surface area contributed by atoms with Crippen molar-refractivity contribution in [1.29, 1.82) is 0 Å². The molecule has 2 atom stereocenters. The van der Waals surface area contributed by atoms with Crippen LogP contribution in [0.3, 0.4) is 0 Å². The lowest BCUT2D eigenvalue weighted by molar-refractivity contribution is -0.174. The van der Waals surface area contributed by atoms with E-state index < -0.39 is 18.8 Å². The van der Waals surface area contributed by atoms with Gasteiger partial charge in [0, 0.05) is 13.2 Å². The van der Waals surface area contributed by atoms with Gasteiger partial charge in [-0.2, -0.15) is 13.2 Å². The summed E-state index contributed by atoms with van der Waals surface area (Å²) < 4.78 is 40.1. The Balaban J connectivity index is 2.39. The van der Waals surface area contributed by atoms with Crippen molar-refractivity contribution in [3.63, 3.8) is 0 Å². The van der Waals surface area contributed by atoms with Crippen molar-refractivity contribution in [2.75, 3.05) is 26.3 Å². The maximum atomic E-state index is 12.2. The molecule has 2 amide bonds. The van der Waals surface area contributed by atoms with Gasteiger partial charge in [-0.15, -0.1) is 0 Å². The van der Waals surface area contributed by atoms with E-state index in [1.54, 1.807) is 0 Å². The fraction of sp³-hybridized carbons (Fsp3) is 0.846. The van der Waals surface area contributed by atoms with Gasteiger partial charge in [-0.05, 0) is 12.3 Å². The molecule has 5 nitrogen and oxygen atoms in total. The molecule has 1 aliphatic heterocycles. The first-order valence-corrected chi connectivity index (χ1v) is 6.97. The third-order valence-corrected chi connectivity index (χ3v) is 3.42. The number of amides is 2. The molecule has 1 fully saturated rings. The predicted octanol–water partition coefficient (Wildman–Crippen LogP) is 1.33. The summed E-state index contributed by atoms with van der Waals surface area (Å²) in [6.07, 6.45) is -3.33. The summed E-state index contributed by atoms with van der Waals surface area (Å²) in [5.41, 5.74) is 0. The van der Waals surface area contributed by atoms with E-state index in [1.165, 1.54) is 4.90 Å². The average molecular weight is 310 g/mol. The second-order valence-electron chi connectivity index (χ2n) is 5.21. The average Bonchev–Trinajstić information content (AvgIpc) is 2.39. The van der Waals surface area contributed by atoms with Gasteiger partial charge in [-0.25, -0.2) is 0 Å². The third kappa shape index (κ3) is 5.91. The maximum absolute atomic E-state index is 12.2. The number of rotatable bonds is 7. The summed E-state index contributed by atoms with van der Waals surface area (Å²) in [6, 6.07) is -0.549. The highest BCUT2D eigenvalue weighted by Gasteiger charge is 2.35. The number of carbonyl (C=O) groups is 2. The van der Waals surface area contributed by atoms with Crippen molar-refractivity contribution in [3.8, 4) is 0 Å². The van der Waals surface area contributed by atoms with Gasteiger partial charge < -0.3 is 15.0 Å². The van der Waals surface area contributed by atoms with Crippen molar-refractivity contribution in [1.82, 2.24) is 10.2 Å². The number of nitrogens with one attached hydrogen (secondary N) is 1. The van der Waals surface area contributed by atoms with Crippen molar-refractivity contribution < 1.29 is 27.5 Å². The van der Waals surface area contributed by atoms with Crippen LogP contribution in [0, 0.1) is 5.92 Å². The van der Waals surface area contributed by atoms with Gasteiger partial charge in [-0.3, -0.25) is 9.59 Å². The molecule has 0 aromatic carbocycles. The van der Waals surface area contributed by atoms with Gasteiger partial charge >= 0.3 is 6.18 Å². The molecule has 0 bridgehead atoms. The molecule has 1 rings (SSSR count). The molecule has 2 unspecified atom stereocenters. The Morgan fingerprint density at radius 3 is 2.67 bits per heavy atom. The minimum absolute atomic E-state index is 0.0192. The Kier molecular flexibility index (Phi) is 6.44. The fourth-order valence-electron chi connectivity index (χ4n) is 2.08. The molecule has 21 heavy (non-hydrogen) atoms. The zero-order chi connectivity index (χ0) is 16.0. The quantitative estimate of drug-likeness (QED) is 0.722. The van der Waals surface area contributed by atoms with E-state index in [4.69, 9.17) is 0 Å². The first-order valence-electron chi connectivity index (χ1n) is 6.97. The summed E-state index contributed by atoms with van der Waals surface area (Å²) in [7, 11) is 0. The van der Waals surface area contributed by atoms with Crippen molar-refractivity contribution in [2.24, 2.45) is 5.92 Å². The van der Waals surface area contributed by atoms with E-state index in [2.05, 4.69) is 10.1 Å². The van der Waals surface area contributed by atoms with Crippen LogP contribution < -0.4 is 5.32 Å². The van der Waals surface area contributed by atoms with E-state index in [0.717, 1.165) is 6.42 Å². The van der Waals surface area contributed by atoms with Gasteiger partial charge in [0.05, 0.1) is 6.54 Å². The molecule has 1 heterocycles. The minimum atomic E-state index is -4.34. The van der Waals surface area contributed by atoms with Crippen LogP contribution in [0.25, 0.3) is 0 Å². The molecule has 0 aromatic heterocycles. The summed E-state index contributed by atoms with van der Waals surface area (Å²) in [4.78, 5) is 25.2. The monoisotopic (exact) mass is 310 g/mol. The molecule has 0 aromatic rings. The van der Waals surface area contributed by atoms with Crippen LogP contribution in [0.4, 0.5) is 13.2 Å². The Labute approximate surface area is 121 Å². The van der Waals surface area contributed by atoms with E-state index in [9.17, 15) is 22.8 Å². The lowest BCUT2D eigenvalue weighted by atomic mass is 9.96. The molecule has 0 radical (unpaired) electrons. The molecule has 1 aliphatic rings. The number of nitrogens with zero attached hydrogens (tertiary/aromatic N) is 1. The van der Waals surface area contributed by atoms with Crippen LogP contribution >= 0.6 is 0 Å². The number of carbonyl (C=O) groups excluding carboxylic acids is 2. The van der Waals surface area contributed by atoms with E-state index >= 15 is 0 Å². The van der Waals surface area contributed by atoms with Gasteiger partial charge in [0.15, 0.2) is 0 Å². The number of alkyl halides is 3. The molecule has 1 N–H and O–H groups in total. The lowest BCUT2D eigenvalue weighted by Gasteiger charge is -2.35. The van der Waals surface area contributed by atoms with Crippen molar-refractivity contribution in [3.05, 3.63) is 0 Å². The lowest BCUT2D eigenvalue weighted by Crippen LogP contribution is -2.60. The zero-order valence-corrected chi connectivity index (χ0v) is 12.2. The molecule has 1 saturated heterocycles. The fourth-order valence-corrected chi connectivity index (χ4v) is 2.08. The number of halogens is 3. The molecule has 0 aliphatic carbocycles. The SMILES string of the molecule is CCC(C)C1NC(=O)CN(CCCOCC(F)(F)F)C1=O. The largest absolute Gasteiger partial charge is 0.411 e. The van der Waals surface area contributed by atoms with Crippen LogP contribution in [0.5, 0.6) is 0 Å². The highest BCUT2D eigenvalue weighted by Crippen LogP contribution is 2.16. The van der Waals surface area contributed by atoms with Crippen molar-refractivity contribution >= 4 is 11.8 Å². The van der Waals surface area contributed by atoms with E-state index in [0.29, 0.717) is 0 Å². The second-order valence-corrected chi connectivity index (χ2v) is 5.21. The van der Waals surface area contributed by atoms with Crippen molar-refractivity contribution in [2.45, 2.75) is 38.9 Å². The number of hydrogen-bond acceptors (Lipinski definition) is 3.